The number of aromatic nitrogens is 3. The summed E-state index contributed by atoms with van der Waals surface area (Å²) in [7, 11) is 0. The molecule has 0 radical (unpaired) electrons. The second-order valence-corrected chi connectivity index (χ2v) is 4.86. The van der Waals surface area contributed by atoms with Crippen molar-refractivity contribution in [2.24, 2.45) is 0 Å². The Balaban J connectivity index is 2.18. The zero-order valence-electron chi connectivity index (χ0n) is 11.1. The summed E-state index contributed by atoms with van der Waals surface area (Å²) in [6.07, 6.45) is 4.54. The summed E-state index contributed by atoms with van der Waals surface area (Å²) in [5, 5.41) is 19.7. The van der Waals surface area contributed by atoms with Crippen molar-refractivity contribution in [1.82, 2.24) is 19.9 Å². The number of nitrogens with zero attached hydrogens (tertiary/aromatic N) is 3. The molecule has 19 heavy (non-hydrogen) atoms. The van der Waals surface area contributed by atoms with Gasteiger partial charge in [0.25, 0.3) is 5.91 Å². The summed E-state index contributed by atoms with van der Waals surface area (Å²) in [6.45, 7) is 3.96. The third-order valence-corrected chi connectivity index (χ3v) is 3.41. The molecule has 0 aliphatic rings. The third-order valence-electron chi connectivity index (χ3n) is 3.41. The van der Waals surface area contributed by atoms with Crippen LogP contribution in [0.2, 0.25) is 0 Å². The molecule has 0 saturated carbocycles. The smallest absolute Gasteiger partial charge is 0.253 e. The van der Waals surface area contributed by atoms with Crippen LogP contribution in [0, 0.1) is 0 Å². The first-order chi connectivity index (χ1) is 9.08. The van der Waals surface area contributed by atoms with Crippen LogP contribution in [0.5, 0.6) is 0 Å². The molecule has 2 N–H and O–H groups in total. The molecule has 2 rings (SSSR count). The molecule has 2 heterocycles. The summed E-state index contributed by atoms with van der Waals surface area (Å²) < 4.78 is 1.70. The molecular formula is C13H18N4O2. The lowest BCUT2D eigenvalue weighted by Crippen LogP contribution is -2.46. The molecule has 2 aromatic heterocycles. The van der Waals surface area contributed by atoms with Gasteiger partial charge in [-0.2, -0.15) is 0 Å². The van der Waals surface area contributed by atoms with Crippen LogP contribution >= 0.6 is 0 Å². The van der Waals surface area contributed by atoms with Gasteiger partial charge in [0.05, 0.1) is 5.56 Å². The predicted molar refractivity (Wildman–Crippen MR) is 70.9 cm³/mol. The topological polar surface area (TPSA) is 79.5 Å². The number of aliphatic hydroxyl groups excluding tert-OH is 1. The highest BCUT2D eigenvalue weighted by Crippen LogP contribution is 2.15. The Morgan fingerprint density at radius 2 is 2.32 bits per heavy atom. The number of aliphatic hydroxyl groups is 1. The SMILES string of the molecule is CCC(C)(CCO)NC(=O)c1ccc2nncn2c1. The number of nitrogens with one attached hydrogen (secondary N) is 1. The van der Waals surface area contributed by atoms with Gasteiger partial charge >= 0.3 is 0 Å². The molecule has 1 amide bonds. The van der Waals surface area contributed by atoms with Crippen LogP contribution in [0.3, 0.4) is 0 Å². The Kier molecular flexibility index (Phi) is 3.80. The average Bonchev–Trinajstić information content (AvgIpc) is 2.86. The van der Waals surface area contributed by atoms with E-state index in [4.69, 9.17) is 5.11 Å². The molecule has 102 valence electrons. The number of fused-ring (bicyclic) bond motifs is 1. The monoisotopic (exact) mass is 262 g/mol. The lowest BCUT2D eigenvalue weighted by molar-refractivity contribution is 0.0885. The Bertz CT molecular complexity index is 581. The van der Waals surface area contributed by atoms with Crippen LogP contribution in [0.4, 0.5) is 0 Å². The molecule has 0 bridgehead atoms. The number of hydrogen-bond donors (Lipinski definition) is 2. The van der Waals surface area contributed by atoms with E-state index in [0.717, 1.165) is 6.42 Å². The van der Waals surface area contributed by atoms with Crippen LogP contribution in [-0.2, 0) is 0 Å². The first-order valence-electron chi connectivity index (χ1n) is 6.31. The van der Waals surface area contributed by atoms with E-state index in [1.165, 1.54) is 0 Å². The van der Waals surface area contributed by atoms with Crippen LogP contribution < -0.4 is 5.32 Å². The molecule has 0 aromatic carbocycles. The molecule has 0 spiro atoms. The van der Waals surface area contributed by atoms with Crippen LogP contribution in [0.15, 0.2) is 24.7 Å². The first-order valence-corrected chi connectivity index (χ1v) is 6.31. The van der Waals surface area contributed by atoms with E-state index >= 15 is 0 Å². The molecule has 1 unspecified atom stereocenters. The van der Waals surface area contributed by atoms with Crippen molar-refractivity contribution < 1.29 is 9.90 Å². The van der Waals surface area contributed by atoms with Crippen molar-refractivity contribution in [1.29, 1.82) is 0 Å². The van der Waals surface area contributed by atoms with Crippen molar-refractivity contribution >= 4 is 11.6 Å². The number of amides is 1. The van der Waals surface area contributed by atoms with E-state index in [9.17, 15) is 4.79 Å². The molecule has 0 saturated heterocycles. The molecule has 0 fully saturated rings. The largest absolute Gasteiger partial charge is 0.396 e. The number of rotatable bonds is 5. The van der Waals surface area contributed by atoms with Crippen molar-refractivity contribution in [2.45, 2.75) is 32.2 Å². The van der Waals surface area contributed by atoms with Gasteiger partial charge in [-0.15, -0.1) is 10.2 Å². The molecule has 6 nitrogen and oxygen atoms in total. The van der Waals surface area contributed by atoms with Crippen LogP contribution in [0.1, 0.15) is 37.0 Å². The van der Waals surface area contributed by atoms with Gasteiger partial charge in [0, 0.05) is 18.3 Å². The molecular weight excluding hydrogens is 244 g/mol. The second-order valence-electron chi connectivity index (χ2n) is 4.86. The Morgan fingerprint density at radius 3 is 3.00 bits per heavy atom. The summed E-state index contributed by atoms with van der Waals surface area (Å²) >= 11 is 0. The highest BCUT2D eigenvalue weighted by molar-refractivity contribution is 5.94. The van der Waals surface area contributed by atoms with Gasteiger partial charge in [-0.25, -0.2) is 0 Å². The predicted octanol–water partition coefficient (Wildman–Crippen LogP) is 1.01. The molecule has 0 aliphatic heterocycles. The van der Waals surface area contributed by atoms with Gasteiger partial charge in [-0.1, -0.05) is 6.92 Å². The fraction of sp³-hybridized carbons (Fsp3) is 0.462. The number of pyridine rings is 1. The number of hydrogen-bond acceptors (Lipinski definition) is 4. The normalized spacial score (nSPS) is 14.3. The standard InChI is InChI=1S/C13H18N4O2/c1-3-13(2,6-7-18)15-12(19)10-4-5-11-16-14-9-17(11)8-10/h4-5,8-9,18H,3,6-7H2,1-2H3,(H,15,19). The molecule has 2 aromatic rings. The maximum Gasteiger partial charge on any atom is 0.253 e. The lowest BCUT2D eigenvalue weighted by atomic mass is 9.94. The molecule has 6 heteroatoms. The zero-order chi connectivity index (χ0) is 13.9. The maximum atomic E-state index is 12.2. The van der Waals surface area contributed by atoms with Gasteiger partial charge in [-0.05, 0) is 31.9 Å². The fourth-order valence-corrected chi connectivity index (χ4v) is 1.88. The molecule has 1 atom stereocenters. The van der Waals surface area contributed by atoms with Crippen LogP contribution in [0.25, 0.3) is 5.65 Å². The van der Waals surface area contributed by atoms with E-state index in [0.29, 0.717) is 17.6 Å². The van der Waals surface area contributed by atoms with Gasteiger partial charge in [-0.3, -0.25) is 9.20 Å². The quantitative estimate of drug-likeness (QED) is 0.842. The summed E-state index contributed by atoms with van der Waals surface area (Å²) in [6, 6.07) is 3.46. The highest BCUT2D eigenvalue weighted by Gasteiger charge is 2.24. The summed E-state index contributed by atoms with van der Waals surface area (Å²) in [5.41, 5.74) is 0.851. The highest BCUT2D eigenvalue weighted by atomic mass is 16.3. The number of carbonyl (C=O) groups excluding carboxylic acids is 1. The van der Waals surface area contributed by atoms with Crippen molar-refractivity contribution in [3.8, 4) is 0 Å². The van der Waals surface area contributed by atoms with Crippen molar-refractivity contribution in [3.05, 3.63) is 30.2 Å². The third kappa shape index (κ3) is 2.90. The van der Waals surface area contributed by atoms with Crippen LogP contribution in [-0.4, -0.2) is 37.8 Å². The minimum atomic E-state index is -0.395. The van der Waals surface area contributed by atoms with Gasteiger partial charge in [0.1, 0.15) is 6.33 Å². The van der Waals surface area contributed by atoms with E-state index in [2.05, 4.69) is 15.5 Å². The van der Waals surface area contributed by atoms with Crippen molar-refractivity contribution in [3.63, 3.8) is 0 Å². The summed E-state index contributed by atoms with van der Waals surface area (Å²) in [5.74, 6) is -0.159. The van der Waals surface area contributed by atoms with E-state index in [1.54, 1.807) is 29.1 Å². The minimum Gasteiger partial charge on any atom is -0.396 e. The average molecular weight is 262 g/mol. The van der Waals surface area contributed by atoms with E-state index < -0.39 is 5.54 Å². The lowest BCUT2D eigenvalue weighted by Gasteiger charge is -2.29. The fourth-order valence-electron chi connectivity index (χ4n) is 1.88. The Labute approximate surface area is 111 Å². The maximum absolute atomic E-state index is 12.2. The summed E-state index contributed by atoms with van der Waals surface area (Å²) in [4.78, 5) is 12.2. The Morgan fingerprint density at radius 1 is 1.53 bits per heavy atom. The van der Waals surface area contributed by atoms with Crippen molar-refractivity contribution in [2.75, 3.05) is 6.61 Å². The second kappa shape index (κ2) is 5.36. The van der Waals surface area contributed by atoms with Gasteiger partial charge in [0.2, 0.25) is 0 Å². The minimum absolute atomic E-state index is 0.0507. The molecule has 0 aliphatic carbocycles. The first kappa shape index (κ1) is 13.5. The zero-order valence-corrected chi connectivity index (χ0v) is 11.1. The van der Waals surface area contributed by atoms with Gasteiger partial charge in [0.15, 0.2) is 5.65 Å². The van der Waals surface area contributed by atoms with E-state index in [1.807, 2.05) is 13.8 Å². The Hall–Kier alpha value is -1.95. The van der Waals surface area contributed by atoms with Gasteiger partial charge < -0.3 is 10.4 Å². The number of carbonyl (C=O) groups is 1. The van der Waals surface area contributed by atoms with E-state index in [-0.39, 0.29) is 12.5 Å².